The Balaban J connectivity index is 1.75. The van der Waals surface area contributed by atoms with Crippen LogP contribution in [0.4, 0.5) is 5.69 Å². The summed E-state index contributed by atoms with van der Waals surface area (Å²) >= 11 is 7.68. The molecule has 0 amide bonds. The second-order valence-corrected chi connectivity index (χ2v) is 5.78. The molecule has 0 atom stereocenters. The normalized spacial score (nSPS) is 12.8. The van der Waals surface area contributed by atoms with Crippen LogP contribution in [0.15, 0.2) is 24.3 Å². The number of nitrogens with zero attached hydrogens (tertiary/aromatic N) is 1. The van der Waals surface area contributed by atoms with Crippen molar-refractivity contribution < 1.29 is 9.47 Å². The standard InChI is InChI=1S/C14H11ClN2O2S/c15-11-5-13-14(19-4-3-18-13)6-12(11)17-8-10-2-1-9(7-16)20-10/h1-2,5-6,17H,3-4,8H2. The molecular formula is C14H11ClN2O2S. The molecular weight excluding hydrogens is 296 g/mol. The van der Waals surface area contributed by atoms with Crippen molar-refractivity contribution in [3.05, 3.63) is 39.0 Å². The highest BCUT2D eigenvalue weighted by molar-refractivity contribution is 7.12. The highest BCUT2D eigenvalue weighted by Crippen LogP contribution is 2.38. The monoisotopic (exact) mass is 306 g/mol. The summed E-state index contributed by atoms with van der Waals surface area (Å²) in [5.74, 6) is 1.38. The third-order valence-electron chi connectivity index (χ3n) is 2.86. The van der Waals surface area contributed by atoms with Gasteiger partial charge in [0.25, 0.3) is 0 Å². The third kappa shape index (κ3) is 2.67. The zero-order chi connectivity index (χ0) is 13.9. The van der Waals surface area contributed by atoms with E-state index in [1.165, 1.54) is 11.3 Å². The topological polar surface area (TPSA) is 54.3 Å². The number of hydrogen-bond donors (Lipinski definition) is 1. The van der Waals surface area contributed by atoms with Crippen LogP contribution in [-0.2, 0) is 6.54 Å². The first kappa shape index (κ1) is 13.1. The molecule has 1 aromatic carbocycles. The van der Waals surface area contributed by atoms with Gasteiger partial charge in [0.15, 0.2) is 11.5 Å². The number of hydrogen-bond acceptors (Lipinski definition) is 5. The van der Waals surface area contributed by atoms with Gasteiger partial charge in [0.2, 0.25) is 0 Å². The summed E-state index contributed by atoms with van der Waals surface area (Å²) in [6, 6.07) is 9.47. The minimum atomic E-state index is 0.544. The second kappa shape index (κ2) is 5.61. The number of thiophene rings is 1. The molecule has 6 heteroatoms. The van der Waals surface area contributed by atoms with Gasteiger partial charge in [-0.25, -0.2) is 0 Å². The molecule has 0 bridgehead atoms. The Bertz CT molecular complexity index is 678. The molecule has 4 nitrogen and oxygen atoms in total. The zero-order valence-electron chi connectivity index (χ0n) is 10.5. The number of nitriles is 1. The minimum Gasteiger partial charge on any atom is -0.486 e. The maximum Gasteiger partial charge on any atom is 0.163 e. The molecule has 0 aliphatic carbocycles. The molecule has 102 valence electrons. The van der Waals surface area contributed by atoms with E-state index in [-0.39, 0.29) is 0 Å². The van der Waals surface area contributed by atoms with Crippen molar-refractivity contribution in [3.63, 3.8) is 0 Å². The van der Waals surface area contributed by atoms with Crippen molar-refractivity contribution in [2.75, 3.05) is 18.5 Å². The van der Waals surface area contributed by atoms with E-state index in [0.29, 0.717) is 41.2 Å². The number of rotatable bonds is 3. The van der Waals surface area contributed by atoms with Crippen LogP contribution >= 0.6 is 22.9 Å². The first-order valence-electron chi connectivity index (χ1n) is 6.08. The fourth-order valence-corrected chi connectivity index (χ4v) is 2.88. The minimum absolute atomic E-state index is 0.544. The van der Waals surface area contributed by atoms with Crippen LogP contribution in [0.3, 0.4) is 0 Å². The van der Waals surface area contributed by atoms with Gasteiger partial charge in [0.1, 0.15) is 24.2 Å². The molecule has 0 unspecified atom stereocenters. The smallest absolute Gasteiger partial charge is 0.163 e. The van der Waals surface area contributed by atoms with Gasteiger partial charge in [-0.2, -0.15) is 5.26 Å². The average molecular weight is 307 g/mol. The Hall–Kier alpha value is -1.90. The number of anilines is 1. The lowest BCUT2D eigenvalue weighted by molar-refractivity contribution is 0.171. The summed E-state index contributed by atoms with van der Waals surface area (Å²) in [4.78, 5) is 1.78. The average Bonchev–Trinajstić information content (AvgIpc) is 2.93. The van der Waals surface area contributed by atoms with Gasteiger partial charge in [-0.3, -0.25) is 0 Å². The highest BCUT2D eigenvalue weighted by atomic mass is 35.5. The predicted molar refractivity (Wildman–Crippen MR) is 78.8 cm³/mol. The van der Waals surface area contributed by atoms with E-state index >= 15 is 0 Å². The Morgan fingerprint density at radius 2 is 2.00 bits per heavy atom. The fourth-order valence-electron chi connectivity index (χ4n) is 1.91. The number of fused-ring (bicyclic) bond motifs is 1. The first-order valence-corrected chi connectivity index (χ1v) is 7.27. The summed E-state index contributed by atoms with van der Waals surface area (Å²) in [6.07, 6.45) is 0. The van der Waals surface area contributed by atoms with Crippen LogP contribution < -0.4 is 14.8 Å². The van der Waals surface area contributed by atoms with Gasteiger partial charge < -0.3 is 14.8 Å². The van der Waals surface area contributed by atoms with Gasteiger partial charge >= 0.3 is 0 Å². The van der Waals surface area contributed by atoms with Crippen molar-refractivity contribution in [2.45, 2.75) is 6.54 Å². The van der Waals surface area contributed by atoms with E-state index in [2.05, 4.69) is 11.4 Å². The largest absolute Gasteiger partial charge is 0.486 e. The summed E-state index contributed by atoms with van der Waals surface area (Å²) < 4.78 is 11.0. The van der Waals surface area contributed by atoms with Gasteiger partial charge in [0.05, 0.1) is 10.7 Å². The van der Waals surface area contributed by atoms with Crippen LogP contribution in [0.1, 0.15) is 9.75 Å². The van der Waals surface area contributed by atoms with E-state index in [1.54, 1.807) is 6.07 Å². The molecule has 1 N–H and O–H groups in total. The van der Waals surface area contributed by atoms with Crippen LogP contribution in [0.5, 0.6) is 11.5 Å². The SMILES string of the molecule is N#Cc1ccc(CNc2cc3c(cc2Cl)OCCO3)s1. The van der Waals surface area contributed by atoms with Crippen LogP contribution in [-0.4, -0.2) is 13.2 Å². The number of nitrogens with one attached hydrogen (secondary N) is 1. The Morgan fingerprint density at radius 3 is 2.70 bits per heavy atom. The first-order chi connectivity index (χ1) is 9.76. The number of benzene rings is 1. The number of halogens is 1. The summed E-state index contributed by atoms with van der Waals surface area (Å²) in [5, 5.41) is 12.6. The van der Waals surface area contributed by atoms with E-state index in [9.17, 15) is 0 Å². The quantitative estimate of drug-likeness (QED) is 0.940. The van der Waals surface area contributed by atoms with Crippen LogP contribution in [0.25, 0.3) is 0 Å². The van der Waals surface area contributed by atoms with E-state index in [0.717, 1.165) is 10.6 Å². The second-order valence-electron chi connectivity index (χ2n) is 4.21. The maximum absolute atomic E-state index is 8.80. The molecule has 0 fully saturated rings. The molecule has 2 heterocycles. The molecule has 1 aliphatic rings. The van der Waals surface area contributed by atoms with Gasteiger partial charge in [-0.1, -0.05) is 11.6 Å². The van der Waals surface area contributed by atoms with Crippen molar-refractivity contribution >= 4 is 28.6 Å². The molecule has 0 saturated carbocycles. The van der Waals surface area contributed by atoms with E-state index < -0.39 is 0 Å². The third-order valence-corrected chi connectivity index (χ3v) is 4.16. The molecule has 20 heavy (non-hydrogen) atoms. The van der Waals surface area contributed by atoms with Crippen molar-refractivity contribution in [1.82, 2.24) is 0 Å². The molecule has 1 aliphatic heterocycles. The van der Waals surface area contributed by atoms with Gasteiger partial charge in [-0.15, -0.1) is 11.3 Å². The Kier molecular flexibility index (Phi) is 3.68. The Labute approximate surface area is 125 Å². The predicted octanol–water partition coefficient (Wildman–Crippen LogP) is 3.66. The summed E-state index contributed by atoms with van der Waals surface area (Å²) in [5.41, 5.74) is 0.794. The molecule has 1 aromatic heterocycles. The number of ether oxygens (including phenoxy) is 2. The molecule has 3 rings (SSSR count). The molecule has 2 aromatic rings. The highest BCUT2D eigenvalue weighted by Gasteiger charge is 2.15. The zero-order valence-corrected chi connectivity index (χ0v) is 12.1. The lowest BCUT2D eigenvalue weighted by atomic mass is 10.2. The van der Waals surface area contributed by atoms with Crippen LogP contribution in [0.2, 0.25) is 5.02 Å². The van der Waals surface area contributed by atoms with Crippen molar-refractivity contribution in [1.29, 1.82) is 5.26 Å². The Morgan fingerprint density at radius 1 is 1.25 bits per heavy atom. The van der Waals surface area contributed by atoms with E-state index in [4.69, 9.17) is 26.3 Å². The van der Waals surface area contributed by atoms with E-state index in [1.807, 2.05) is 18.2 Å². The fraction of sp³-hybridized carbons (Fsp3) is 0.214. The van der Waals surface area contributed by atoms with Crippen molar-refractivity contribution in [3.8, 4) is 17.6 Å². The molecule has 0 saturated heterocycles. The molecule has 0 radical (unpaired) electrons. The molecule has 0 spiro atoms. The van der Waals surface area contributed by atoms with Gasteiger partial charge in [-0.05, 0) is 12.1 Å². The lowest BCUT2D eigenvalue weighted by Gasteiger charge is -2.20. The lowest BCUT2D eigenvalue weighted by Crippen LogP contribution is -2.15. The van der Waals surface area contributed by atoms with Crippen molar-refractivity contribution in [2.24, 2.45) is 0 Å². The maximum atomic E-state index is 8.80. The van der Waals surface area contributed by atoms with Gasteiger partial charge in [0, 0.05) is 23.6 Å². The summed E-state index contributed by atoms with van der Waals surface area (Å²) in [6.45, 7) is 1.71. The summed E-state index contributed by atoms with van der Waals surface area (Å²) in [7, 11) is 0. The van der Waals surface area contributed by atoms with Crippen LogP contribution in [0, 0.1) is 11.3 Å².